The summed E-state index contributed by atoms with van der Waals surface area (Å²) in [4.78, 5) is 11.9. The Kier molecular flexibility index (Phi) is 17.1. The average Bonchev–Trinajstić information content (AvgIpc) is 2.71. The minimum Gasteiger partial charge on any atom is -0.265 e. The quantitative estimate of drug-likeness (QED) is 0.562. The Balaban J connectivity index is 0. The van der Waals surface area contributed by atoms with Crippen molar-refractivity contribution in [1.29, 1.82) is 0 Å². The molecule has 142 valence electrons. The molecule has 0 atom stereocenters. The van der Waals surface area contributed by atoms with Crippen LogP contribution in [0, 0.1) is 0 Å². The highest BCUT2D eigenvalue weighted by Crippen LogP contribution is 1.95. The van der Waals surface area contributed by atoms with Crippen molar-refractivity contribution in [3.05, 3.63) is 90.3 Å². The molecule has 3 heteroatoms. The van der Waals surface area contributed by atoms with Gasteiger partial charge in [-0.2, -0.15) is 0 Å². The normalized spacial score (nSPS) is 8.42. The smallest absolute Gasteiger partial charge is 0.0400 e. The fraction of sp³-hybridized carbons (Fsp3) is 0.348. The summed E-state index contributed by atoms with van der Waals surface area (Å²) in [6, 6.07) is 14.1. The van der Waals surface area contributed by atoms with Crippen molar-refractivity contribution in [2.24, 2.45) is 0 Å². The second-order valence-corrected chi connectivity index (χ2v) is 5.10. The maximum absolute atomic E-state index is 4.10. The van der Waals surface area contributed by atoms with E-state index in [1.165, 1.54) is 11.1 Å². The van der Waals surface area contributed by atoms with Gasteiger partial charge >= 0.3 is 0 Å². The lowest BCUT2D eigenvalue weighted by Crippen LogP contribution is -1.81. The molecule has 0 aliphatic carbocycles. The van der Waals surface area contributed by atoms with E-state index in [4.69, 9.17) is 0 Å². The average molecular weight is 354 g/mol. The Morgan fingerprint density at radius 2 is 1.31 bits per heavy atom. The van der Waals surface area contributed by atoms with E-state index < -0.39 is 0 Å². The van der Waals surface area contributed by atoms with E-state index in [9.17, 15) is 0 Å². The summed E-state index contributed by atoms with van der Waals surface area (Å²) >= 11 is 0. The Labute approximate surface area is 160 Å². The molecule has 3 rings (SSSR count). The zero-order chi connectivity index (χ0) is 17.5. The zero-order valence-corrected chi connectivity index (χ0v) is 14.9. The first kappa shape index (κ1) is 25.7. The summed E-state index contributed by atoms with van der Waals surface area (Å²) < 4.78 is 0. The molecule has 0 fully saturated rings. The van der Waals surface area contributed by atoms with Crippen LogP contribution < -0.4 is 0 Å². The van der Waals surface area contributed by atoms with E-state index in [1.54, 1.807) is 6.20 Å². The van der Waals surface area contributed by atoms with E-state index in [0.717, 1.165) is 25.0 Å². The van der Waals surface area contributed by atoms with Crippen molar-refractivity contribution < 1.29 is 0 Å². The minimum atomic E-state index is 0. The van der Waals surface area contributed by atoms with Gasteiger partial charge in [0, 0.05) is 36.7 Å². The largest absolute Gasteiger partial charge is 0.265 e. The number of hydrogen-bond acceptors (Lipinski definition) is 3. The molecule has 3 nitrogen and oxygen atoms in total. The molecule has 0 spiro atoms. The highest BCUT2D eigenvalue weighted by atomic mass is 14.7. The van der Waals surface area contributed by atoms with E-state index in [0.29, 0.717) is 0 Å². The van der Waals surface area contributed by atoms with E-state index in [2.05, 4.69) is 41.8 Å². The molecule has 3 aromatic heterocycles. The molecule has 0 saturated heterocycles. The number of nitrogens with zero attached hydrogens (tertiary/aromatic N) is 3. The minimum absolute atomic E-state index is 0. The first-order valence-corrected chi connectivity index (χ1v) is 8.47. The van der Waals surface area contributed by atoms with Crippen molar-refractivity contribution in [2.45, 2.75) is 54.9 Å². The predicted octanol–water partition coefficient (Wildman–Crippen LogP) is 6.20. The monoisotopic (exact) mass is 353 g/mol. The number of hydrogen-bond donors (Lipinski definition) is 0. The van der Waals surface area contributed by atoms with Crippen LogP contribution >= 0.6 is 0 Å². The van der Waals surface area contributed by atoms with Gasteiger partial charge in [-0.05, 0) is 60.7 Å². The molecule has 0 bridgehead atoms. The highest BCUT2D eigenvalue weighted by molar-refractivity contribution is 5.08. The molecule has 3 heterocycles. The molecule has 0 amide bonds. The molecule has 0 aliphatic heterocycles. The van der Waals surface area contributed by atoms with Gasteiger partial charge in [0.05, 0.1) is 0 Å². The van der Waals surface area contributed by atoms with Crippen LogP contribution in [0.4, 0.5) is 0 Å². The van der Waals surface area contributed by atoms with Gasteiger partial charge in [0.15, 0.2) is 0 Å². The van der Waals surface area contributed by atoms with E-state index >= 15 is 0 Å². The molecule has 0 radical (unpaired) electrons. The summed E-state index contributed by atoms with van der Waals surface area (Å²) in [6.07, 6.45) is 12.3. The van der Waals surface area contributed by atoms with Gasteiger partial charge in [0.25, 0.3) is 0 Å². The van der Waals surface area contributed by atoms with Crippen LogP contribution in [-0.2, 0) is 19.3 Å². The standard InChI is InChI=1S/3C7H9N.2CH4/c1-2-7-3-5-8-6-4-7;1-2-7-4-3-5-8-6-7;1-2-7-5-3-4-6-8-7;;/h3*3-6H,2H2,1H3;2*1H4. The van der Waals surface area contributed by atoms with Crippen molar-refractivity contribution in [1.82, 2.24) is 15.0 Å². The third-order valence-corrected chi connectivity index (χ3v) is 3.38. The maximum atomic E-state index is 4.10. The first-order chi connectivity index (χ1) is 11.8. The molecular weight excluding hydrogens is 318 g/mol. The van der Waals surface area contributed by atoms with Gasteiger partial charge in [-0.3, -0.25) is 15.0 Å². The van der Waals surface area contributed by atoms with Gasteiger partial charge in [-0.1, -0.05) is 47.8 Å². The lowest BCUT2D eigenvalue weighted by Gasteiger charge is -1.89. The summed E-state index contributed by atoms with van der Waals surface area (Å²) in [5.74, 6) is 0. The molecule has 3 aromatic rings. The van der Waals surface area contributed by atoms with Crippen LogP contribution in [0.15, 0.2) is 73.4 Å². The molecule has 0 aliphatic rings. The van der Waals surface area contributed by atoms with Crippen LogP contribution in [0.3, 0.4) is 0 Å². The topological polar surface area (TPSA) is 38.7 Å². The zero-order valence-electron chi connectivity index (χ0n) is 14.9. The number of rotatable bonds is 3. The molecule has 26 heavy (non-hydrogen) atoms. The Morgan fingerprint density at radius 3 is 1.65 bits per heavy atom. The number of pyridine rings is 3. The van der Waals surface area contributed by atoms with Gasteiger partial charge in [-0.25, -0.2) is 0 Å². The van der Waals surface area contributed by atoms with E-state index in [1.807, 2.05) is 61.2 Å². The summed E-state index contributed by atoms with van der Waals surface area (Å²) in [7, 11) is 0. The first-order valence-electron chi connectivity index (χ1n) is 8.47. The van der Waals surface area contributed by atoms with Crippen LogP contribution in [0.1, 0.15) is 52.4 Å². The maximum Gasteiger partial charge on any atom is 0.0400 e. The second kappa shape index (κ2) is 17.3. The molecular formula is C23H35N3. The molecule has 0 unspecified atom stereocenters. The van der Waals surface area contributed by atoms with Gasteiger partial charge < -0.3 is 0 Å². The lowest BCUT2D eigenvalue weighted by molar-refractivity contribution is 1.04. The van der Waals surface area contributed by atoms with Crippen LogP contribution in [0.5, 0.6) is 0 Å². The lowest BCUT2D eigenvalue weighted by atomic mass is 10.2. The molecule has 0 saturated carbocycles. The van der Waals surface area contributed by atoms with Crippen LogP contribution in [0.25, 0.3) is 0 Å². The van der Waals surface area contributed by atoms with Crippen LogP contribution in [0.2, 0.25) is 0 Å². The summed E-state index contributed by atoms with van der Waals surface area (Å²) in [5, 5.41) is 0. The Bertz CT molecular complexity index is 531. The number of aryl methyl sites for hydroxylation is 3. The SMILES string of the molecule is C.C.CCc1ccccn1.CCc1cccnc1.CCc1ccncc1. The van der Waals surface area contributed by atoms with Crippen LogP contribution in [-0.4, -0.2) is 15.0 Å². The van der Waals surface area contributed by atoms with E-state index in [-0.39, 0.29) is 14.9 Å². The number of aromatic nitrogens is 3. The van der Waals surface area contributed by atoms with Crippen molar-refractivity contribution in [2.75, 3.05) is 0 Å². The van der Waals surface area contributed by atoms with Crippen molar-refractivity contribution in [3.63, 3.8) is 0 Å². The third-order valence-electron chi connectivity index (χ3n) is 3.38. The Morgan fingerprint density at radius 1 is 0.615 bits per heavy atom. The fourth-order valence-corrected chi connectivity index (χ4v) is 1.83. The predicted molar refractivity (Wildman–Crippen MR) is 114 cm³/mol. The van der Waals surface area contributed by atoms with Crippen molar-refractivity contribution >= 4 is 0 Å². The Hall–Kier alpha value is -2.55. The second-order valence-electron chi connectivity index (χ2n) is 5.10. The summed E-state index contributed by atoms with van der Waals surface area (Å²) in [6.45, 7) is 6.36. The van der Waals surface area contributed by atoms with Gasteiger partial charge in [-0.15, -0.1) is 0 Å². The summed E-state index contributed by atoms with van der Waals surface area (Å²) in [5.41, 5.74) is 3.81. The van der Waals surface area contributed by atoms with Gasteiger partial charge in [0.1, 0.15) is 0 Å². The highest BCUT2D eigenvalue weighted by Gasteiger charge is 1.82. The molecule has 0 aromatic carbocycles. The van der Waals surface area contributed by atoms with Gasteiger partial charge in [0.2, 0.25) is 0 Å². The third kappa shape index (κ3) is 11.9. The molecule has 0 N–H and O–H groups in total. The fourth-order valence-electron chi connectivity index (χ4n) is 1.83. The van der Waals surface area contributed by atoms with Crippen molar-refractivity contribution in [3.8, 4) is 0 Å².